The van der Waals surface area contributed by atoms with Crippen molar-refractivity contribution in [3.8, 4) is 0 Å². The standard InChI is InChI=1S/C25H37N3O3/c1-3-31-24(30)27-19-8-4-5-9-20(16-19)28-14-12-25(13-15-28)17-23(26-18(2)29)21-10-6-7-11-22(21)25/h6-7,10-11,19-20,23H,3-5,8-9,12-17H2,1-2H3,(H,26,29)(H,27,30)/t19?,20?,23-/m0/s1. The predicted molar refractivity (Wildman–Crippen MR) is 121 cm³/mol. The fourth-order valence-corrected chi connectivity index (χ4v) is 6.20. The Bertz CT molecular complexity index is 788. The maximum Gasteiger partial charge on any atom is 0.407 e. The molecule has 2 N–H and O–H groups in total. The molecule has 1 saturated carbocycles. The fourth-order valence-electron chi connectivity index (χ4n) is 6.20. The number of carbonyl (C=O) groups is 2. The van der Waals surface area contributed by atoms with E-state index in [2.05, 4.69) is 39.8 Å². The number of likely N-dealkylation sites (tertiary alicyclic amines) is 1. The van der Waals surface area contributed by atoms with Crippen molar-refractivity contribution in [1.29, 1.82) is 0 Å². The monoisotopic (exact) mass is 427 g/mol. The molecule has 1 aromatic carbocycles. The number of amides is 2. The first-order valence-electron chi connectivity index (χ1n) is 12.0. The Morgan fingerprint density at radius 1 is 1.13 bits per heavy atom. The van der Waals surface area contributed by atoms with Crippen LogP contribution in [0.15, 0.2) is 24.3 Å². The largest absolute Gasteiger partial charge is 0.450 e. The minimum atomic E-state index is -0.280. The lowest BCUT2D eigenvalue weighted by Gasteiger charge is -2.44. The van der Waals surface area contributed by atoms with Gasteiger partial charge in [0.15, 0.2) is 0 Å². The molecule has 31 heavy (non-hydrogen) atoms. The molecule has 3 aliphatic rings. The third kappa shape index (κ3) is 4.89. The fraction of sp³-hybridized carbons (Fsp3) is 0.680. The van der Waals surface area contributed by atoms with Crippen molar-refractivity contribution in [2.75, 3.05) is 19.7 Å². The summed E-state index contributed by atoms with van der Waals surface area (Å²) in [6, 6.07) is 9.56. The Hall–Kier alpha value is -2.08. The van der Waals surface area contributed by atoms with E-state index in [4.69, 9.17) is 4.74 Å². The minimum Gasteiger partial charge on any atom is -0.450 e. The lowest BCUT2D eigenvalue weighted by atomic mass is 9.73. The Kier molecular flexibility index (Phi) is 6.85. The van der Waals surface area contributed by atoms with Crippen molar-refractivity contribution in [3.05, 3.63) is 35.4 Å². The van der Waals surface area contributed by atoms with Crippen LogP contribution in [0.5, 0.6) is 0 Å². The van der Waals surface area contributed by atoms with Gasteiger partial charge in [-0.15, -0.1) is 0 Å². The van der Waals surface area contributed by atoms with Gasteiger partial charge < -0.3 is 20.3 Å². The average Bonchev–Trinajstić information content (AvgIpc) is 2.89. The molecule has 170 valence electrons. The second kappa shape index (κ2) is 9.60. The van der Waals surface area contributed by atoms with Crippen LogP contribution in [-0.4, -0.2) is 48.7 Å². The Morgan fingerprint density at radius 2 is 1.87 bits per heavy atom. The normalized spacial score (nSPS) is 27.9. The van der Waals surface area contributed by atoms with Crippen LogP contribution >= 0.6 is 0 Å². The maximum atomic E-state index is 11.9. The molecule has 2 unspecified atom stereocenters. The highest BCUT2D eigenvalue weighted by Gasteiger charge is 2.46. The van der Waals surface area contributed by atoms with E-state index in [0.29, 0.717) is 12.6 Å². The van der Waals surface area contributed by atoms with E-state index in [0.717, 1.165) is 51.6 Å². The topological polar surface area (TPSA) is 70.7 Å². The SMILES string of the molecule is CCOC(=O)NC1CCCCC(N2CCC3(CC2)C[C@H](NC(C)=O)c2ccccc23)C1. The van der Waals surface area contributed by atoms with Gasteiger partial charge in [0.25, 0.3) is 0 Å². The van der Waals surface area contributed by atoms with Crippen LogP contribution in [-0.2, 0) is 14.9 Å². The summed E-state index contributed by atoms with van der Waals surface area (Å²) in [7, 11) is 0. The molecule has 2 fully saturated rings. The van der Waals surface area contributed by atoms with Crippen molar-refractivity contribution in [3.63, 3.8) is 0 Å². The first kappa shape index (κ1) is 22.1. The number of benzene rings is 1. The quantitative estimate of drug-likeness (QED) is 0.711. The zero-order valence-corrected chi connectivity index (χ0v) is 19.0. The second-order valence-corrected chi connectivity index (χ2v) is 9.60. The summed E-state index contributed by atoms with van der Waals surface area (Å²) in [4.78, 5) is 26.3. The van der Waals surface area contributed by atoms with Gasteiger partial charge in [-0.05, 0) is 69.7 Å². The van der Waals surface area contributed by atoms with E-state index in [9.17, 15) is 9.59 Å². The highest BCUT2D eigenvalue weighted by atomic mass is 16.5. The van der Waals surface area contributed by atoms with Crippen LogP contribution in [0.3, 0.4) is 0 Å². The van der Waals surface area contributed by atoms with Crippen molar-refractivity contribution in [2.45, 2.75) is 88.8 Å². The molecule has 0 bridgehead atoms. The van der Waals surface area contributed by atoms with E-state index in [1.54, 1.807) is 6.92 Å². The van der Waals surface area contributed by atoms with E-state index < -0.39 is 0 Å². The maximum absolute atomic E-state index is 11.9. The van der Waals surface area contributed by atoms with E-state index in [1.165, 1.54) is 24.0 Å². The molecule has 1 aliphatic heterocycles. The van der Waals surface area contributed by atoms with Gasteiger partial charge in [0.1, 0.15) is 0 Å². The molecule has 3 atom stereocenters. The number of nitrogens with one attached hydrogen (secondary N) is 2. The minimum absolute atomic E-state index is 0.0490. The smallest absolute Gasteiger partial charge is 0.407 e. The molecule has 2 amide bonds. The Balaban J connectivity index is 1.41. The lowest BCUT2D eigenvalue weighted by Crippen LogP contribution is -2.48. The van der Waals surface area contributed by atoms with Gasteiger partial charge >= 0.3 is 6.09 Å². The van der Waals surface area contributed by atoms with E-state index >= 15 is 0 Å². The van der Waals surface area contributed by atoms with Crippen LogP contribution in [0, 0.1) is 0 Å². The zero-order valence-electron chi connectivity index (χ0n) is 19.0. The number of fused-ring (bicyclic) bond motifs is 2. The highest BCUT2D eigenvalue weighted by Crippen LogP contribution is 2.51. The van der Waals surface area contributed by atoms with Gasteiger partial charge in [-0.25, -0.2) is 4.79 Å². The molecule has 1 spiro atoms. The molecular weight excluding hydrogens is 390 g/mol. The summed E-state index contributed by atoms with van der Waals surface area (Å²) >= 11 is 0. The van der Waals surface area contributed by atoms with Crippen LogP contribution in [0.25, 0.3) is 0 Å². The number of ether oxygens (including phenoxy) is 1. The zero-order chi connectivity index (χ0) is 21.8. The first-order chi connectivity index (χ1) is 15.0. The summed E-state index contributed by atoms with van der Waals surface area (Å²) in [5.74, 6) is 0.0490. The van der Waals surface area contributed by atoms with Crippen LogP contribution in [0.2, 0.25) is 0 Å². The molecule has 1 aromatic rings. The Morgan fingerprint density at radius 3 is 2.61 bits per heavy atom. The third-order valence-corrected chi connectivity index (χ3v) is 7.65. The van der Waals surface area contributed by atoms with Crippen molar-refractivity contribution < 1.29 is 14.3 Å². The third-order valence-electron chi connectivity index (χ3n) is 7.65. The molecule has 6 heteroatoms. The van der Waals surface area contributed by atoms with Gasteiger partial charge in [-0.2, -0.15) is 0 Å². The number of hydrogen-bond acceptors (Lipinski definition) is 4. The molecule has 4 rings (SSSR count). The summed E-state index contributed by atoms with van der Waals surface area (Å²) < 4.78 is 5.11. The van der Waals surface area contributed by atoms with Crippen molar-refractivity contribution >= 4 is 12.0 Å². The summed E-state index contributed by atoms with van der Waals surface area (Å²) in [5.41, 5.74) is 2.92. The number of rotatable bonds is 4. The molecule has 2 aliphatic carbocycles. The Labute approximate surface area is 186 Å². The molecule has 0 radical (unpaired) electrons. The van der Waals surface area contributed by atoms with Gasteiger partial charge in [0.2, 0.25) is 5.91 Å². The first-order valence-corrected chi connectivity index (χ1v) is 12.0. The van der Waals surface area contributed by atoms with Gasteiger partial charge in [-0.1, -0.05) is 37.1 Å². The molecule has 1 saturated heterocycles. The van der Waals surface area contributed by atoms with Crippen LogP contribution < -0.4 is 10.6 Å². The van der Waals surface area contributed by atoms with E-state index in [1.807, 2.05) is 6.92 Å². The van der Waals surface area contributed by atoms with Crippen LogP contribution in [0.4, 0.5) is 4.79 Å². The molecule has 6 nitrogen and oxygen atoms in total. The predicted octanol–water partition coefficient (Wildman–Crippen LogP) is 4.05. The van der Waals surface area contributed by atoms with Gasteiger partial charge in [0, 0.05) is 24.4 Å². The van der Waals surface area contributed by atoms with Crippen molar-refractivity contribution in [1.82, 2.24) is 15.5 Å². The number of carbonyl (C=O) groups excluding carboxylic acids is 2. The summed E-state index contributed by atoms with van der Waals surface area (Å²) in [6.45, 7) is 6.03. The van der Waals surface area contributed by atoms with Gasteiger partial charge in [-0.3, -0.25) is 4.79 Å². The van der Waals surface area contributed by atoms with Gasteiger partial charge in [0.05, 0.1) is 12.6 Å². The number of alkyl carbamates (subject to hydrolysis) is 1. The average molecular weight is 428 g/mol. The summed E-state index contributed by atoms with van der Waals surface area (Å²) in [6.07, 6.45) is 8.64. The number of piperidine rings is 1. The molecule has 1 heterocycles. The molecular formula is C25H37N3O3. The summed E-state index contributed by atoms with van der Waals surface area (Å²) in [5, 5.41) is 6.27. The lowest BCUT2D eigenvalue weighted by molar-refractivity contribution is -0.119. The number of nitrogens with zero attached hydrogens (tertiary/aromatic N) is 1. The number of hydrogen-bond donors (Lipinski definition) is 2. The highest BCUT2D eigenvalue weighted by molar-refractivity contribution is 5.74. The molecule has 0 aromatic heterocycles. The van der Waals surface area contributed by atoms with Crippen LogP contribution in [0.1, 0.15) is 82.4 Å². The van der Waals surface area contributed by atoms with E-state index in [-0.39, 0.29) is 29.5 Å². The second-order valence-electron chi connectivity index (χ2n) is 9.60. The van der Waals surface area contributed by atoms with Crippen molar-refractivity contribution in [2.24, 2.45) is 0 Å².